The van der Waals surface area contributed by atoms with Gasteiger partial charge in [-0.1, -0.05) is 11.2 Å². The van der Waals surface area contributed by atoms with E-state index in [-0.39, 0.29) is 5.91 Å². The SMILES string of the molecule is CNCC(=O)N1CCN(Cc2nc(-c3cccs3)no2)CC1. The second kappa shape index (κ2) is 6.99. The second-order valence-electron chi connectivity index (χ2n) is 5.18. The van der Waals surface area contributed by atoms with Gasteiger partial charge in [-0.3, -0.25) is 9.69 Å². The van der Waals surface area contributed by atoms with Crippen LogP contribution >= 0.6 is 11.3 Å². The van der Waals surface area contributed by atoms with E-state index in [1.807, 2.05) is 22.4 Å². The minimum atomic E-state index is 0.153. The highest BCUT2D eigenvalue weighted by Gasteiger charge is 2.22. The van der Waals surface area contributed by atoms with Gasteiger partial charge in [0.1, 0.15) is 0 Å². The van der Waals surface area contributed by atoms with Crippen LogP contribution in [-0.2, 0) is 11.3 Å². The van der Waals surface area contributed by atoms with Crippen molar-refractivity contribution in [2.75, 3.05) is 39.8 Å². The maximum absolute atomic E-state index is 11.8. The number of nitrogens with zero attached hydrogens (tertiary/aromatic N) is 4. The van der Waals surface area contributed by atoms with Crippen LogP contribution in [0.3, 0.4) is 0 Å². The summed E-state index contributed by atoms with van der Waals surface area (Å²) in [6, 6.07) is 3.95. The Kier molecular flexibility index (Phi) is 4.81. The molecule has 1 aliphatic heterocycles. The quantitative estimate of drug-likeness (QED) is 0.872. The minimum Gasteiger partial charge on any atom is -0.339 e. The zero-order valence-corrected chi connectivity index (χ0v) is 13.3. The Morgan fingerprint density at radius 1 is 1.41 bits per heavy atom. The van der Waals surface area contributed by atoms with Gasteiger partial charge in [-0.15, -0.1) is 11.3 Å². The van der Waals surface area contributed by atoms with Crippen LogP contribution in [0.1, 0.15) is 5.89 Å². The number of piperazine rings is 1. The molecule has 8 heteroatoms. The van der Waals surface area contributed by atoms with Crippen molar-refractivity contribution < 1.29 is 9.32 Å². The summed E-state index contributed by atoms with van der Waals surface area (Å²) in [4.78, 5) is 21.4. The Labute approximate surface area is 132 Å². The summed E-state index contributed by atoms with van der Waals surface area (Å²) < 4.78 is 5.32. The zero-order valence-electron chi connectivity index (χ0n) is 12.5. The molecular formula is C14H19N5O2S. The third kappa shape index (κ3) is 3.52. The van der Waals surface area contributed by atoms with Gasteiger partial charge in [-0.25, -0.2) is 0 Å². The van der Waals surface area contributed by atoms with Gasteiger partial charge < -0.3 is 14.7 Å². The summed E-state index contributed by atoms with van der Waals surface area (Å²) in [5.41, 5.74) is 0. The Balaban J connectivity index is 1.52. The van der Waals surface area contributed by atoms with Gasteiger partial charge in [0.25, 0.3) is 0 Å². The lowest BCUT2D eigenvalue weighted by molar-refractivity contribution is -0.131. The first kappa shape index (κ1) is 15.1. The maximum atomic E-state index is 11.8. The van der Waals surface area contributed by atoms with Crippen LogP contribution < -0.4 is 5.32 Å². The van der Waals surface area contributed by atoms with E-state index in [0.29, 0.717) is 24.8 Å². The van der Waals surface area contributed by atoms with Crippen LogP contribution in [0.2, 0.25) is 0 Å². The van der Waals surface area contributed by atoms with Crippen molar-refractivity contribution in [1.82, 2.24) is 25.3 Å². The number of likely N-dealkylation sites (N-methyl/N-ethyl adjacent to an activating group) is 1. The fourth-order valence-electron chi connectivity index (χ4n) is 2.43. The number of amides is 1. The van der Waals surface area contributed by atoms with Crippen molar-refractivity contribution in [1.29, 1.82) is 0 Å². The molecule has 1 aliphatic rings. The Morgan fingerprint density at radius 3 is 2.91 bits per heavy atom. The lowest BCUT2D eigenvalue weighted by Crippen LogP contribution is -2.50. The molecule has 0 unspecified atom stereocenters. The molecule has 22 heavy (non-hydrogen) atoms. The number of nitrogens with one attached hydrogen (secondary N) is 1. The predicted molar refractivity (Wildman–Crippen MR) is 83.4 cm³/mol. The van der Waals surface area contributed by atoms with E-state index < -0.39 is 0 Å². The molecule has 0 saturated carbocycles. The number of aromatic nitrogens is 2. The molecule has 3 rings (SSSR count). The van der Waals surface area contributed by atoms with E-state index in [1.165, 1.54) is 0 Å². The molecule has 7 nitrogen and oxygen atoms in total. The number of thiophene rings is 1. The first-order chi connectivity index (χ1) is 10.8. The van der Waals surface area contributed by atoms with Crippen LogP contribution in [0.15, 0.2) is 22.0 Å². The van der Waals surface area contributed by atoms with E-state index in [1.54, 1.807) is 18.4 Å². The molecule has 1 amide bonds. The van der Waals surface area contributed by atoms with Crippen LogP contribution in [0.5, 0.6) is 0 Å². The molecule has 1 saturated heterocycles. The van der Waals surface area contributed by atoms with Gasteiger partial charge in [0.05, 0.1) is 18.0 Å². The fourth-order valence-corrected chi connectivity index (χ4v) is 3.08. The summed E-state index contributed by atoms with van der Waals surface area (Å²) in [5.74, 6) is 1.42. The smallest absolute Gasteiger partial charge is 0.241 e. The van der Waals surface area contributed by atoms with E-state index >= 15 is 0 Å². The summed E-state index contributed by atoms with van der Waals surface area (Å²) >= 11 is 1.59. The van der Waals surface area contributed by atoms with Gasteiger partial charge in [0.2, 0.25) is 17.6 Å². The second-order valence-corrected chi connectivity index (χ2v) is 6.12. The molecular weight excluding hydrogens is 302 g/mol. The average Bonchev–Trinajstić information content (AvgIpc) is 3.19. The Hall–Kier alpha value is -1.77. The van der Waals surface area contributed by atoms with Crippen LogP contribution in [0, 0.1) is 0 Å². The average molecular weight is 321 g/mol. The molecule has 0 bridgehead atoms. The van der Waals surface area contributed by atoms with Crippen LogP contribution in [0.4, 0.5) is 0 Å². The predicted octanol–water partition coefficient (Wildman–Crippen LogP) is 0.662. The molecule has 1 N–H and O–H groups in total. The molecule has 118 valence electrons. The summed E-state index contributed by atoms with van der Waals surface area (Å²) in [6.45, 7) is 4.16. The standard InChI is InChI=1S/C14H19N5O2S/c1-15-9-13(20)19-6-4-18(5-7-19)10-12-16-14(17-21-12)11-3-2-8-22-11/h2-3,8,15H,4-7,9-10H2,1H3. The van der Waals surface area contributed by atoms with Gasteiger partial charge in [0, 0.05) is 26.2 Å². The number of carbonyl (C=O) groups excluding carboxylic acids is 1. The first-order valence-electron chi connectivity index (χ1n) is 7.27. The van der Waals surface area contributed by atoms with Crippen molar-refractivity contribution in [3.8, 4) is 10.7 Å². The lowest BCUT2D eigenvalue weighted by Gasteiger charge is -2.33. The summed E-state index contributed by atoms with van der Waals surface area (Å²) in [6.07, 6.45) is 0. The fraction of sp³-hybridized carbons (Fsp3) is 0.500. The van der Waals surface area contributed by atoms with Gasteiger partial charge in [-0.05, 0) is 18.5 Å². The van der Waals surface area contributed by atoms with E-state index in [9.17, 15) is 4.79 Å². The number of carbonyl (C=O) groups is 1. The number of rotatable bonds is 5. The Morgan fingerprint density at radius 2 is 2.23 bits per heavy atom. The molecule has 0 atom stereocenters. The third-order valence-corrected chi connectivity index (χ3v) is 4.49. The largest absolute Gasteiger partial charge is 0.339 e. The molecule has 0 aliphatic carbocycles. The van der Waals surface area contributed by atoms with E-state index in [4.69, 9.17) is 4.52 Å². The summed E-state index contributed by atoms with van der Waals surface area (Å²) in [7, 11) is 1.79. The van der Waals surface area contributed by atoms with Gasteiger partial charge >= 0.3 is 0 Å². The van der Waals surface area contributed by atoms with Crippen molar-refractivity contribution in [2.45, 2.75) is 6.54 Å². The van der Waals surface area contributed by atoms with Crippen molar-refractivity contribution in [2.24, 2.45) is 0 Å². The first-order valence-corrected chi connectivity index (χ1v) is 8.15. The lowest BCUT2D eigenvalue weighted by atomic mass is 10.3. The maximum Gasteiger partial charge on any atom is 0.241 e. The van der Waals surface area contributed by atoms with Crippen molar-refractivity contribution >= 4 is 17.2 Å². The molecule has 1 fully saturated rings. The molecule has 2 aromatic rings. The Bertz CT molecular complexity index is 605. The van der Waals surface area contributed by atoms with Crippen LogP contribution in [-0.4, -0.2) is 65.6 Å². The topological polar surface area (TPSA) is 74.5 Å². The number of hydrogen-bond donors (Lipinski definition) is 1. The molecule has 0 spiro atoms. The van der Waals surface area contributed by atoms with Crippen molar-refractivity contribution in [3.05, 3.63) is 23.4 Å². The van der Waals surface area contributed by atoms with Gasteiger partial charge in [-0.2, -0.15) is 4.98 Å². The highest BCUT2D eigenvalue weighted by Crippen LogP contribution is 2.21. The molecule has 0 aromatic carbocycles. The molecule has 3 heterocycles. The number of hydrogen-bond acceptors (Lipinski definition) is 7. The normalized spacial score (nSPS) is 16.1. The van der Waals surface area contributed by atoms with Gasteiger partial charge in [0.15, 0.2) is 0 Å². The van der Waals surface area contributed by atoms with Crippen LogP contribution in [0.25, 0.3) is 10.7 Å². The monoisotopic (exact) mass is 321 g/mol. The van der Waals surface area contributed by atoms with E-state index in [2.05, 4.69) is 20.4 Å². The van der Waals surface area contributed by atoms with Crippen molar-refractivity contribution in [3.63, 3.8) is 0 Å². The van der Waals surface area contributed by atoms with E-state index in [0.717, 1.165) is 31.1 Å². The molecule has 0 radical (unpaired) electrons. The summed E-state index contributed by atoms with van der Waals surface area (Å²) in [5, 5.41) is 8.90. The molecule has 2 aromatic heterocycles. The highest BCUT2D eigenvalue weighted by atomic mass is 32.1. The third-order valence-electron chi connectivity index (χ3n) is 3.62. The highest BCUT2D eigenvalue weighted by molar-refractivity contribution is 7.13. The minimum absolute atomic E-state index is 0.153. The zero-order chi connectivity index (χ0) is 15.4.